The molecule has 4 heteroatoms. The molecule has 1 rings (SSSR count). The first-order valence-corrected chi connectivity index (χ1v) is 5.58. The van der Waals surface area contributed by atoms with Crippen LogP contribution in [0.15, 0.2) is 12.3 Å². The standard InChI is InChI=1S/C10H15BrN2O/c1-7(2)10(14)9(11)6-8-4-5-13(3)12-8/h4-5,7,9H,6H2,1-3H3. The largest absolute Gasteiger partial charge is 0.298 e. The van der Waals surface area contributed by atoms with Gasteiger partial charge in [0.25, 0.3) is 0 Å². The zero-order valence-corrected chi connectivity index (χ0v) is 10.3. The average molecular weight is 259 g/mol. The molecule has 1 aromatic heterocycles. The van der Waals surface area contributed by atoms with E-state index in [-0.39, 0.29) is 16.5 Å². The van der Waals surface area contributed by atoms with Crippen molar-refractivity contribution in [2.24, 2.45) is 13.0 Å². The molecule has 0 bridgehead atoms. The molecule has 0 radical (unpaired) electrons. The molecule has 14 heavy (non-hydrogen) atoms. The van der Waals surface area contributed by atoms with Crippen LogP contribution in [0.1, 0.15) is 19.5 Å². The number of hydrogen-bond acceptors (Lipinski definition) is 2. The summed E-state index contributed by atoms with van der Waals surface area (Å²) in [5.74, 6) is 0.304. The lowest BCUT2D eigenvalue weighted by Crippen LogP contribution is -2.22. The Balaban J connectivity index is 2.57. The van der Waals surface area contributed by atoms with Crippen molar-refractivity contribution >= 4 is 21.7 Å². The molecule has 0 N–H and O–H groups in total. The smallest absolute Gasteiger partial charge is 0.149 e. The highest BCUT2D eigenvalue weighted by Gasteiger charge is 2.19. The summed E-state index contributed by atoms with van der Waals surface area (Å²) >= 11 is 3.39. The van der Waals surface area contributed by atoms with Crippen molar-refractivity contribution in [2.75, 3.05) is 0 Å². The number of ketones is 1. The molecule has 0 aromatic carbocycles. The Hall–Kier alpha value is -0.640. The van der Waals surface area contributed by atoms with Crippen LogP contribution in [0.25, 0.3) is 0 Å². The van der Waals surface area contributed by atoms with E-state index in [1.54, 1.807) is 4.68 Å². The monoisotopic (exact) mass is 258 g/mol. The van der Waals surface area contributed by atoms with Crippen molar-refractivity contribution in [1.29, 1.82) is 0 Å². The van der Waals surface area contributed by atoms with Gasteiger partial charge < -0.3 is 0 Å². The fourth-order valence-corrected chi connectivity index (χ4v) is 2.08. The zero-order chi connectivity index (χ0) is 10.7. The third-order valence-electron chi connectivity index (χ3n) is 2.03. The van der Waals surface area contributed by atoms with Gasteiger partial charge in [0, 0.05) is 25.6 Å². The number of rotatable bonds is 4. The van der Waals surface area contributed by atoms with Crippen LogP contribution in [-0.2, 0) is 18.3 Å². The molecule has 1 unspecified atom stereocenters. The number of aromatic nitrogens is 2. The predicted octanol–water partition coefficient (Wildman–Crippen LogP) is 1.95. The number of carbonyl (C=O) groups is 1. The van der Waals surface area contributed by atoms with Gasteiger partial charge in [0.15, 0.2) is 0 Å². The molecule has 0 aliphatic carbocycles. The molecule has 0 aliphatic heterocycles. The summed E-state index contributed by atoms with van der Waals surface area (Å²) in [5.41, 5.74) is 0.948. The number of Topliss-reactive ketones (excluding diaryl/α,β-unsaturated/α-hetero) is 1. The van der Waals surface area contributed by atoms with Gasteiger partial charge in [-0.2, -0.15) is 5.10 Å². The van der Waals surface area contributed by atoms with E-state index < -0.39 is 0 Å². The Morgan fingerprint density at radius 3 is 2.71 bits per heavy atom. The first-order valence-electron chi connectivity index (χ1n) is 4.67. The van der Waals surface area contributed by atoms with E-state index in [1.165, 1.54) is 0 Å². The lowest BCUT2D eigenvalue weighted by molar-refractivity contribution is -0.121. The molecule has 1 heterocycles. The van der Waals surface area contributed by atoms with Gasteiger partial charge in [0.2, 0.25) is 0 Å². The number of hydrogen-bond donors (Lipinski definition) is 0. The summed E-state index contributed by atoms with van der Waals surface area (Å²) in [4.78, 5) is 11.5. The van der Waals surface area contributed by atoms with Gasteiger partial charge in [-0.15, -0.1) is 0 Å². The molecule has 0 fully saturated rings. The Morgan fingerprint density at radius 1 is 1.64 bits per heavy atom. The third kappa shape index (κ3) is 2.94. The van der Waals surface area contributed by atoms with E-state index in [0.29, 0.717) is 6.42 Å². The highest BCUT2D eigenvalue weighted by molar-refractivity contribution is 9.10. The minimum atomic E-state index is -0.114. The highest BCUT2D eigenvalue weighted by atomic mass is 79.9. The summed E-state index contributed by atoms with van der Waals surface area (Å²) in [5, 5.41) is 4.23. The Kier molecular flexibility index (Phi) is 3.86. The van der Waals surface area contributed by atoms with Gasteiger partial charge in [0.1, 0.15) is 5.78 Å². The Labute approximate surface area is 92.6 Å². The third-order valence-corrected chi connectivity index (χ3v) is 2.81. The van der Waals surface area contributed by atoms with E-state index in [0.717, 1.165) is 5.69 Å². The molecule has 0 amide bonds. The summed E-state index contributed by atoms with van der Waals surface area (Å²) in [6.45, 7) is 3.82. The maximum absolute atomic E-state index is 11.6. The van der Waals surface area contributed by atoms with E-state index in [9.17, 15) is 4.79 Å². The molecule has 0 saturated carbocycles. The van der Waals surface area contributed by atoms with Crippen LogP contribution in [0.5, 0.6) is 0 Å². The first kappa shape index (κ1) is 11.4. The molecule has 1 aromatic rings. The van der Waals surface area contributed by atoms with Crippen LogP contribution < -0.4 is 0 Å². The number of alkyl halides is 1. The number of nitrogens with zero attached hydrogens (tertiary/aromatic N) is 2. The van der Waals surface area contributed by atoms with Gasteiger partial charge in [-0.25, -0.2) is 0 Å². The summed E-state index contributed by atoms with van der Waals surface area (Å²) in [7, 11) is 1.87. The predicted molar refractivity (Wildman–Crippen MR) is 59.5 cm³/mol. The normalized spacial score (nSPS) is 13.2. The Bertz CT molecular complexity index is 320. The SMILES string of the molecule is CC(C)C(=O)C(Br)Cc1ccn(C)n1. The fourth-order valence-electron chi connectivity index (χ4n) is 1.22. The van der Waals surface area contributed by atoms with Crippen molar-refractivity contribution in [2.45, 2.75) is 25.1 Å². The second-order valence-electron chi connectivity index (χ2n) is 3.71. The highest BCUT2D eigenvalue weighted by Crippen LogP contribution is 2.13. The average Bonchev–Trinajstić information content (AvgIpc) is 2.49. The van der Waals surface area contributed by atoms with Crippen LogP contribution in [0.3, 0.4) is 0 Å². The molecule has 0 aliphatic rings. The minimum absolute atomic E-state index is 0.0723. The van der Waals surface area contributed by atoms with Crippen molar-refractivity contribution in [3.63, 3.8) is 0 Å². The second kappa shape index (κ2) is 4.73. The number of halogens is 1. The fraction of sp³-hybridized carbons (Fsp3) is 0.600. The van der Waals surface area contributed by atoms with Crippen molar-refractivity contribution < 1.29 is 4.79 Å². The topological polar surface area (TPSA) is 34.9 Å². The van der Waals surface area contributed by atoms with Crippen LogP contribution in [0.4, 0.5) is 0 Å². The van der Waals surface area contributed by atoms with Gasteiger partial charge in [-0.1, -0.05) is 29.8 Å². The van der Waals surface area contributed by atoms with Crippen LogP contribution >= 0.6 is 15.9 Å². The summed E-state index contributed by atoms with van der Waals surface area (Å²) < 4.78 is 1.74. The van der Waals surface area contributed by atoms with Gasteiger partial charge in [-0.05, 0) is 6.07 Å². The van der Waals surface area contributed by atoms with Crippen molar-refractivity contribution in [1.82, 2.24) is 9.78 Å². The molecule has 0 spiro atoms. The zero-order valence-electron chi connectivity index (χ0n) is 8.70. The van der Waals surface area contributed by atoms with Crippen molar-refractivity contribution in [3.8, 4) is 0 Å². The number of carbonyl (C=O) groups excluding carboxylic acids is 1. The molecular formula is C10H15BrN2O. The summed E-state index contributed by atoms with van der Waals surface area (Å²) in [6.07, 6.45) is 2.55. The van der Waals surface area contributed by atoms with E-state index in [4.69, 9.17) is 0 Å². The van der Waals surface area contributed by atoms with Crippen LogP contribution in [-0.4, -0.2) is 20.4 Å². The first-order chi connectivity index (χ1) is 6.50. The van der Waals surface area contributed by atoms with Crippen LogP contribution in [0.2, 0.25) is 0 Å². The van der Waals surface area contributed by atoms with Gasteiger partial charge in [-0.3, -0.25) is 9.48 Å². The summed E-state index contributed by atoms with van der Waals surface area (Å²) in [6, 6.07) is 1.93. The van der Waals surface area contributed by atoms with Gasteiger partial charge in [0.05, 0.1) is 10.5 Å². The molecule has 1 atom stereocenters. The van der Waals surface area contributed by atoms with E-state index in [1.807, 2.05) is 33.2 Å². The maximum atomic E-state index is 11.6. The molecular weight excluding hydrogens is 244 g/mol. The van der Waals surface area contributed by atoms with Gasteiger partial charge >= 0.3 is 0 Å². The lowest BCUT2D eigenvalue weighted by Gasteiger charge is -2.09. The molecule has 0 saturated heterocycles. The van der Waals surface area contributed by atoms with E-state index >= 15 is 0 Å². The van der Waals surface area contributed by atoms with E-state index in [2.05, 4.69) is 21.0 Å². The quantitative estimate of drug-likeness (QED) is 0.774. The minimum Gasteiger partial charge on any atom is -0.298 e. The van der Waals surface area contributed by atoms with Crippen LogP contribution in [0, 0.1) is 5.92 Å². The van der Waals surface area contributed by atoms with Crippen molar-refractivity contribution in [3.05, 3.63) is 18.0 Å². The molecule has 3 nitrogen and oxygen atoms in total. The Morgan fingerprint density at radius 2 is 2.29 bits per heavy atom. The second-order valence-corrected chi connectivity index (χ2v) is 4.81. The number of aryl methyl sites for hydroxylation is 1. The molecule has 78 valence electrons. The maximum Gasteiger partial charge on any atom is 0.149 e. The lowest BCUT2D eigenvalue weighted by atomic mass is 10.0.